The molecule has 1 amide bonds. The Morgan fingerprint density at radius 3 is 2.20 bits per heavy atom. The van der Waals surface area contributed by atoms with Gasteiger partial charge in [0.25, 0.3) is 0 Å². The molecule has 2 N–H and O–H groups in total. The van der Waals surface area contributed by atoms with Crippen LogP contribution in [0.2, 0.25) is 0 Å². The molecule has 0 saturated heterocycles. The fourth-order valence-corrected chi connectivity index (χ4v) is 3.67. The Labute approximate surface area is 125 Å². The maximum atomic E-state index is 13.1. The fourth-order valence-electron chi connectivity index (χ4n) is 3.67. The molecule has 3 nitrogen and oxygen atoms in total. The zero-order valence-corrected chi connectivity index (χ0v) is 14.0. The molecule has 0 aromatic carbocycles. The van der Waals surface area contributed by atoms with E-state index in [4.69, 9.17) is 5.73 Å². The predicted octanol–water partition coefficient (Wildman–Crippen LogP) is 3.43. The first-order valence-electron chi connectivity index (χ1n) is 8.40. The third-order valence-electron chi connectivity index (χ3n) is 4.32. The minimum Gasteiger partial charge on any atom is -0.342 e. The van der Waals surface area contributed by atoms with Crippen LogP contribution < -0.4 is 5.73 Å². The topological polar surface area (TPSA) is 46.3 Å². The molecule has 20 heavy (non-hydrogen) atoms. The number of rotatable bonds is 8. The van der Waals surface area contributed by atoms with Crippen LogP contribution in [0.1, 0.15) is 66.2 Å². The molecule has 1 aliphatic rings. The van der Waals surface area contributed by atoms with Gasteiger partial charge in [0.2, 0.25) is 5.91 Å². The molecule has 0 aromatic rings. The number of amides is 1. The second kappa shape index (κ2) is 8.02. The molecule has 0 heterocycles. The number of carbonyl (C=O) groups is 1. The van der Waals surface area contributed by atoms with Gasteiger partial charge in [0.15, 0.2) is 0 Å². The molecule has 1 rings (SSSR count). The van der Waals surface area contributed by atoms with Crippen molar-refractivity contribution in [2.75, 3.05) is 19.6 Å². The van der Waals surface area contributed by atoms with E-state index in [0.29, 0.717) is 24.3 Å². The predicted molar refractivity (Wildman–Crippen MR) is 85.4 cm³/mol. The molecular formula is C17H34N2O. The Hall–Kier alpha value is -0.570. The van der Waals surface area contributed by atoms with Crippen molar-refractivity contribution in [3.8, 4) is 0 Å². The van der Waals surface area contributed by atoms with Crippen LogP contribution in [0, 0.1) is 17.3 Å². The molecule has 1 aliphatic carbocycles. The molecule has 0 aromatic heterocycles. The maximum Gasteiger partial charge on any atom is 0.228 e. The Balaban J connectivity index is 2.82. The first-order valence-corrected chi connectivity index (χ1v) is 8.40. The zero-order valence-electron chi connectivity index (χ0n) is 14.0. The standard InChI is InChI=1S/C17H34N2O/c1-14(2)12-17(8-5-6-9-17)16(20)19(11-7-10-18)13-15(3)4/h14-15H,5-13,18H2,1-4H3. The summed E-state index contributed by atoms with van der Waals surface area (Å²) in [5.41, 5.74) is 5.57. The van der Waals surface area contributed by atoms with Crippen LogP contribution in [0.5, 0.6) is 0 Å². The van der Waals surface area contributed by atoms with Crippen LogP contribution in [0.4, 0.5) is 0 Å². The van der Waals surface area contributed by atoms with Crippen molar-refractivity contribution < 1.29 is 4.79 Å². The van der Waals surface area contributed by atoms with E-state index in [1.807, 2.05) is 0 Å². The summed E-state index contributed by atoms with van der Waals surface area (Å²) in [7, 11) is 0. The highest BCUT2D eigenvalue weighted by Gasteiger charge is 2.43. The second-order valence-electron chi connectivity index (χ2n) is 7.37. The van der Waals surface area contributed by atoms with Crippen molar-refractivity contribution in [2.24, 2.45) is 23.0 Å². The second-order valence-corrected chi connectivity index (χ2v) is 7.37. The van der Waals surface area contributed by atoms with E-state index in [1.165, 1.54) is 12.8 Å². The average molecular weight is 282 g/mol. The molecule has 0 atom stereocenters. The lowest BCUT2D eigenvalue weighted by Gasteiger charge is -2.36. The maximum absolute atomic E-state index is 13.1. The highest BCUT2D eigenvalue weighted by atomic mass is 16.2. The van der Waals surface area contributed by atoms with Crippen molar-refractivity contribution in [3.05, 3.63) is 0 Å². The van der Waals surface area contributed by atoms with Crippen LogP contribution >= 0.6 is 0 Å². The third-order valence-corrected chi connectivity index (χ3v) is 4.32. The summed E-state index contributed by atoms with van der Waals surface area (Å²) >= 11 is 0. The number of hydrogen-bond acceptors (Lipinski definition) is 2. The number of nitrogens with zero attached hydrogens (tertiary/aromatic N) is 1. The fraction of sp³-hybridized carbons (Fsp3) is 0.941. The van der Waals surface area contributed by atoms with Gasteiger partial charge in [-0.05, 0) is 44.1 Å². The van der Waals surface area contributed by atoms with Gasteiger partial charge < -0.3 is 10.6 Å². The Morgan fingerprint density at radius 2 is 1.75 bits per heavy atom. The Bertz CT molecular complexity index is 293. The van der Waals surface area contributed by atoms with Gasteiger partial charge in [-0.2, -0.15) is 0 Å². The molecule has 1 fully saturated rings. The van der Waals surface area contributed by atoms with E-state index in [0.717, 1.165) is 38.8 Å². The van der Waals surface area contributed by atoms with Crippen molar-refractivity contribution in [3.63, 3.8) is 0 Å². The minimum atomic E-state index is -0.0718. The lowest BCUT2D eigenvalue weighted by Crippen LogP contribution is -2.45. The first-order chi connectivity index (χ1) is 9.41. The van der Waals surface area contributed by atoms with Crippen LogP contribution in [-0.2, 0) is 4.79 Å². The van der Waals surface area contributed by atoms with Gasteiger partial charge in [0.1, 0.15) is 0 Å². The summed E-state index contributed by atoms with van der Waals surface area (Å²) in [4.78, 5) is 15.2. The van der Waals surface area contributed by atoms with E-state index >= 15 is 0 Å². The van der Waals surface area contributed by atoms with E-state index < -0.39 is 0 Å². The summed E-state index contributed by atoms with van der Waals surface area (Å²) < 4.78 is 0. The molecular weight excluding hydrogens is 248 g/mol. The monoisotopic (exact) mass is 282 g/mol. The van der Waals surface area contributed by atoms with Crippen LogP contribution in [0.25, 0.3) is 0 Å². The number of carbonyl (C=O) groups excluding carboxylic acids is 1. The molecule has 118 valence electrons. The van der Waals surface area contributed by atoms with E-state index in [-0.39, 0.29) is 5.41 Å². The van der Waals surface area contributed by atoms with Gasteiger partial charge >= 0.3 is 0 Å². The van der Waals surface area contributed by atoms with E-state index in [2.05, 4.69) is 32.6 Å². The molecule has 0 aliphatic heterocycles. The largest absolute Gasteiger partial charge is 0.342 e. The SMILES string of the molecule is CC(C)CN(CCCN)C(=O)C1(CC(C)C)CCCC1. The van der Waals surface area contributed by atoms with Crippen LogP contribution in [0.15, 0.2) is 0 Å². The van der Waals surface area contributed by atoms with Crippen molar-refractivity contribution in [1.82, 2.24) is 4.90 Å². The smallest absolute Gasteiger partial charge is 0.228 e. The highest BCUT2D eigenvalue weighted by Crippen LogP contribution is 2.44. The molecule has 0 spiro atoms. The number of nitrogens with two attached hydrogens (primary N) is 1. The van der Waals surface area contributed by atoms with Gasteiger partial charge in [-0.3, -0.25) is 4.79 Å². The van der Waals surface area contributed by atoms with Gasteiger partial charge in [-0.15, -0.1) is 0 Å². The molecule has 0 radical (unpaired) electrons. The average Bonchev–Trinajstić information content (AvgIpc) is 2.82. The zero-order chi connectivity index (χ0) is 15.2. The molecule has 0 bridgehead atoms. The molecule has 3 heteroatoms. The number of hydrogen-bond donors (Lipinski definition) is 1. The molecule has 0 unspecified atom stereocenters. The highest BCUT2D eigenvalue weighted by molar-refractivity contribution is 5.83. The van der Waals surface area contributed by atoms with Crippen LogP contribution in [-0.4, -0.2) is 30.4 Å². The quantitative estimate of drug-likeness (QED) is 0.741. The van der Waals surface area contributed by atoms with Gasteiger partial charge in [0, 0.05) is 18.5 Å². The molecule has 1 saturated carbocycles. The van der Waals surface area contributed by atoms with Gasteiger partial charge in [-0.25, -0.2) is 0 Å². The summed E-state index contributed by atoms with van der Waals surface area (Å²) in [6.07, 6.45) is 6.55. The van der Waals surface area contributed by atoms with Crippen LogP contribution in [0.3, 0.4) is 0 Å². The lowest BCUT2D eigenvalue weighted by atomic mass is 9.77. The van der Waals surface area contributed by atoms with Crippen molar-refractivity contribution in [1.29, 1.82) is 0 Å². The van der Waals surface area contributed by atoms with Gasteiger partial charge in [0.05, 0.1) is 0 Å². The van der Waals surface area contributed by atoms with Gasteiger partial charge in [-0.1, -0.05) is 40.5 Å². The van der Waals surface area contributed by atoms with Crippen molar-refractivity contribution >= 4 is 5.91 Å². The summed E-state index contributed by atoms with van der Waals surface area (Å²) in [6, 6.07) is 0. The summed E-state index contributed by atoms with van der Waals surface area (Å²) in [5, 5.41) is 0. The summed E-state index contributed by atoms with van der Waals surface area (Å²) in [5.74, 6) is 1.52. The third kappa shape index (κ3) is 4.76. The lowest BCUT2D eigenvalue weighted by molar-refractivity contribution is -0.143. The van der Waals surface area contributed by atoms with E-state index in [1.54, 1.807) is 0 Å². The van der Waals surface area contributed by atoms with Crippen molar-refractivity contribution in [2.45, 2.75) is 66.2 Å². The normalized spacial score (nSPS) is 17.9. The Kier molecular flexibility index (Phi) is 7.01. The van der Waals surface area contributed by atoms with E-state index in [9.17, 15) is 4.79 Å². The summed E-state index contributed by atoms with van der Waals surface area (Å²) in [6.45, 7) is 11.2. The first kappa shape index (κ1) is 17.5. The minimum absolute atomic E-state index is 0.0718. The Morgan fingerprint density at radius 1 is 1.15 bits per heavy atom.